The number of hydrogen-bond donors (Lipinski definition) is 3. The minimum absolute atomic E-state index is 0.147. The first-order valence-electron chi connectivity index (χ1n) is 10.2. The highest BCUT2D eigenvalue weighted by atomic mass is 16.2. The van der Waals surface area contributed by atoms with Gasteiger partial charge >= 0.3 is 6.03 Å². The van der Waals surface area contributed by atoms with Crippen molar-refractivity contribution in [1.82, 2.24) is 25.8 Å². The summed E-state index contributed by atoms with van der Waals surface area (Å²) in [5.74, 6) is 1.73. The van der Waals surface area contributed by atoms with Gasteiger partial charge in [0.15, 0.2) is 5.96 Å². The number of carbonyl (C=O) groups excluding carboxylic acids is 2. The molecule has 0 aliphatic carbocycles. The van der Waals surface area contributed by atoms with E-state index in [4.69, 9.17) is 0 Å². The van der Waals surface area contributed by atoms with E-state index in [0.29, 0.717) is 0 Å². The molecule has 0 aromatic carbocycles. The summed E-state index contributed by atoms with van der Waals surface area (Å²) in [6.07, 6.45) is 4.31. The third-order valence-electron chi connectivity index (χ3n) is 6.48. The molecule has 1 atom stereocenters. The Morgan fingerprint density at radius 1 is 1.19 bits per heavy atom. The van der Waals surface area contributed by atoms with Crippen LogP contribution in [0.25, 0.3) is 0 Å². The first kappa shape index (κ1) is 19.9. The fraction of sp³-hybridized carbons (Fsp3) is 0.842. The number of imide groups is 1. The van der Waals surface area contributed by atoms with Crippen molar-refractivity contribution in [2.75, 3.05) is 46.3 Å². The number of aliphatic imine (C=N–C) groups is 1. The molecule has 1 unspecified atom stereocenters. The predicted octanol–water partition coefficient (Wildman–Crippen LogP) is 0.604. The van der Waals surface area contributed by atoms with E-state index in [9.17, 15) is 9.59 Å². The van der Waals surface area contributed by atoms with Crippen molar-refractivity contribution >= 4 is 17.9 Å². The van der Waals surface area contributed by atoms with Gasteiger partial charge in [-0.2, -0.15) is 0 Å². The topological polar surface area (TPSA) is 89.1 Å². The van der Waals surface area contributed by atoms with Gasteiger partial charge in [-0.1, -0.05) is 6.92 Å². The number of likely N-dealkylation sites (tertiary alicyclic amines) is 2. The molecule has 8 nitrogen and oxygen atoms in total. The molecule has 3 fully saturated rings. The maximum absolute atomic E-state index is 12.1. The van der Waals surface area contributed by atoms with E-state index in [-0.39, 0.29) is 17.9 Å². The molecule has 3 rings (SSSR count). The highest BCUT2D eigenvalue weighted by Crippen LogP contribution is 2.30. The molecule has 27 heavy (non-hydrogen) atoms. The summed E-state index contributed by atoms with van der Waals surface area (Å²) in [6, 6.07) is -0.380. The van der Waals surface area contributed by atoms with Gasteiger partial charge in [-0.3, -0.25) is 15.1 Å². The lowest BCUT2D eigenvalue weighted by Gasteiger charge is -2.40. The molecular formula is C19H34N6O2. The summed E-state index contributed by atoms with van der Waals surface area (Å²) in [6.45, 7) is 10.2. The third kappa shape index (κ3) is 4.54. The summed E-state index contributed by atoms with van der Waals surface area (Å²) in [7, 11) is 1.82. The first-order chi connectivity index (χ1) is 12.9. The Labute approximate surface area is 162 Å². The van der Waals surface area contributed by atoms with Gasteiger partial charge in [0.2, 0.25) is 0 Å². The number of rotatable bonds is 4. The van der Waals surface area contributed by atoms with Gasteiger partial charge in [0.1, 0.15) is 5.54 Å². The third-order valence-corrected chi connectivity index (χ3v) is 6.48. The fourth-order valence-corrected chi connectivity index (χ4v) is 4.46. The van der Waals surface area contributed by atoms with Crippen LogP contribution in [-0.2, 0) is 4.79 Å². The second-order valence-corrected chi connectivity index (χ2v) is 8.37. The Morgan fingerprint density at radius 3 is 2.41 bits per heavy atom. The van der Waals surface area contributed by atoms with Crippen LogP contribution in [0.4, 0.5) is 4.79 Å². The highest BCUT2D eigenvalue weighted by molar-refractivity contribution is 6.07. The van der Waals surface area contributed by atoms with E-state index in [0.717, 1.165) is 50.9 Å². The monoisotopic (exact) mass is 378 g/mol. The molecular weight excluding hydrogens is 344 g/mol. The zero-order valence-electron chi connectivity index (χ0n) is 16.9. The van der Waals surface area contributed by atoms with Crippen LogP contribution in [0.2, 0.25) is 0 Å². The lowest BCUT2D eigenvalue weighted by atomic mass is 9.79. The maximum atomic E-state index is 12.1. The van der Waals surface area contributed by atoms with E-state index in [1.165, 1.54) is 25.9 Å². The predicted molar refractivity (Wildman–Crippen MR) is 106 cm³/mol. The number of amides is 3. The van der Waals surface area contributed by atoms with Crippen LogP contribution >= 0.6 is 0 Å². The van der Waals surface area contributed by atoms with Crippen molar-refractivity contribution in [2.24, 2.45) is 16.8 Å². The number of nitrogens with one attached hydrogen (secondary N) is 3. The van der Waals surface area contributed by atoms with Gasteiger partial charge in [-0.05, 0) is 57.5 Å². The van der Waals surface area contributed by atoms with Crippen LogP contribution in [0.5, 0.6) is 0 Å². The number of piperidine rings is 2. The number of carbonyl (C=O) groups is 2. The Balaban J connectivity index is 1.43. The van der Waals surface area contributed by atoms with Crippen LogP contribution in [0.1, 0.15) is 39.5 Å². The Hall–Kier alpha value is -1.83. The number of nitrogens with zero attached hydrogens (tertiary/aromatic N) is 3. The number of urea groups is 1. The summed E-state index contributed by atoms with van der Waals surface area (Å²) >= 11 is 0. The molecule has 3 aliphatic rings. The smallest absolute Gasteiger partial charge is 0.322 e. The lowest BCUT2D eigenvalue weighted by Crippen LogP contribution is -2.55. The first-order valence-corrected chi connectivity index (χ1v) is 10.2. The minimum atomic E-state index is -0.786. The van der Waals surface area contributed by atoms with Gasteiger partial charge < -0.3 is 20.4 Å². The van der Waals surface area contributed by atoms with Crippen LogP contribution in [0, 0.1) is 11.8 Å². The lowest BCUT2D eigenvalue weighted by molar-refractivity contribution is -0.125. The van der Waals surface area contributed by atoms with E-state index < -0.39 is 5.54 Å². The van der Waals surface area contributed by atoms with Crippen molar-refractivity contribution in [3.63, 3.8) is 0 Å². The molecule has 0 saturated carbocycles. The second kappa shape index (κ2) is 8.46. The summed E-state index contributed by atoms with van der Waals surface area (Å²) in [5, 5.41) is 8.67. The van der Waals surface area contributed by atoms with E-state index in [1.54, 1.807) is 0 Å². The van der Waals surface area contributed by atoms with Crippen LogP contribution in [0.3, 0.4) is 0 Å². The van der Waals surface area contributed by atoms with E-state index in [1.807, 2.05) is 14.0 Å². The molecule has 0 aromatic heterocycles. The molecule has 3 N–H and O–H groups in total. The molecule has 3 aliphatic heterocycles. The normalized spacial score (nSPS) is 29.0. The molecule has 3 saturated heterocycles. The van der Waals surface area contributed by atoms with Crippen LogP contribution < -0.4 is 16.0 Å². The molecule has 0 radical (unpaired) electrons. The number of guanidine groups is 1. The zero-order chi connectivity index (χ0) is 19.4. The van der Waals surface area contributed by atoms with Gasteiger partial charge in [0.05, 0.1) is 0 Å². The summed E-state index contributed by atoms with van der Waals surface area (Å²) < 4.78 is 0. The quantitative estimate of drug-likeness (QED) is 0.379. The maximum Gasteiger partial charge on any atom is 0.322 e. The SMILES string of the molecule is CN=C(NCCN1CCC(C)CC1)N1CCC(C2(C)NC(=O)NC2=O)CC1. The van der Waals surface area contributed by atoms with Crippen LogP contribution in [-0.4, -0.2) is 79.6 Å². The largest absolute Gasteiger partial charge is 0.355 e. The van der Waals surface area contributed by atoms with Crippen molar-refractivity contribution in [2.45, 2.75) is 45.1 Å². The van der Waals surface area contributed by atoms with E-state index >= 15 is 0 Å². The van der Waals surface area contributed by atoms with Crippen molar-refractivity contribution in [3.05, 3.63) is 0 Å². The summed E-state index contributed by atoms with van der Waals surface area (Å²) in [5.41, 5.74) is -0.786. The highest BCUT2D eigenvalue weighted by Gasteiger charge is 2.48. The molecule has 3 amide bonds. The molecule has 8 heteroatoms. The molecule has 0 bridgehead atoms. The number of hydrogen-bond acceptors (Lipinski definition) is 4. The zero-order valence-corrected chi connectivity index (χ0v) is 16.9. The minimum Gasteiger partial charge on any atom is -0.355 e. The van der Waals surface area contributed by atoms with Crippen molar-refractivity contribution in [1.29, 1.82) is 0 Å². The van der Waals surface area contributed by atoms with Crippen LogP contribution in [0.15, 0.2) is 4.99 Å². The Kier molecular flexibility index (Phi) is 6.24. The van der Waals surface area contributed by atoms with Gasteiger partial charge in [0.25, 0.3) is 5.91 Å². The average molecular weight is 379 g/mol. The molecule has 0 spiro atoms. The standard InChI is InChI=1S/C19H34N6O2/c1-14-4-9-24(10-5-14)13-8-21-17(20-3)25-11-6-15(7-12-25)19(2)16(26)22-18(27)23-19/h14-15H,4-13H2,1-3H3,(H,20,21)(H2,22,23,26,27). The summed E-state index contributed by atoms with van der Waals surface area (Å²) in [4.78, 5) is 32.9. The Bertz CT molecular complexity index is 579. The molecule has 3 heterocycles. The van der Waals surface area contributed by atoms with Gasteiger partial charge in [-0.15, -0.1) is 0 Å². The van der Waals surface area contributed by atoms with Crippen molar-refractivity contribution in [3.8, 4) is 0 Å². The Morgan fingerprint density at radius 2 is 1.85 bits per heavy atom. The average Bonchev–Trinajstić information content (AvgIpc) is 2.93. The van der Waals surface area contributed by atoms with E-state index in [2.05, 4.69) is 37.7 Å². The second-order valence-electron chi connectivity index (χ2n) is 8.37. The van der Waals surface area contributed by atoms with Gasteiger partial charge in [0, 0.05) is 33.2 Å². The van der Waals surface area contributed by atoms with Crippen molar-refractivity contribution < 1.29 is 9.59 Å². The fourth-order valence-electron chi connectivity index (χ4n) is 4.46. The molecule has 152 valence electrons. The van der Waals surface area contributed by atoms with Gasteiger partial charge in [-0.25, -0.2) is 4.79 Å². The molecule has 0 aromatic rings.